The molecule has 2 aromatic carbocycles. The number of hydrogen-bond acceptors (Lipinski definition) is 5. The summed E-state index contributed by atoms with van der Waals surface area (Å²) < 4.78 is 11.0. The first-order valence-corrected chi connectivity index (χ1v) is 11.5. The van der Waals surface area contributed by atoms with Crippen LogP contribution in [0.3, 0.4) is 0 Å². The number of carbonyl (C=O) groups is 2. The largest absolute Gasteiger partial charge is 0.494 e. The zero-order valence-corrected chi connectivity index (χ0v) is 19.3. The monoisotopic (exact) mass is 458 g/mol. The molecule has 0 bridgehead atoms. The Morgan fingerprint density at radius 1 is 1.09 bits per heavy atom. The molecule has 0 radical (unpaired) electrons. The molecule has 1 atom stereocenters. The first-order valence-electron chi connectivity index (χ1n) is 11.2. The number of Topliss-reactive ketones (excluding diaryl/α,β-unsaturated/α-hetero) is 1. The average Bonchev–Trinajstić information content (AvgIpc) is 2.83. The lowest BCUT2D eigenvalue weighted by Gasteiger charge is -2.35. The van der Waals surface area contributed by atoms with Crippen molar-refractivity contribution in [2.24, 2.45) is 0 Å². The van der Waals surface area contributed by atoms with Gasteiger partial charge in [0.25, 0.3) is 0 Å². The van der Waals surface area contributed by atoms with Crippen LogP contribution in [0.2, 0.25) is 5.02 Å². The number of carbonyl (C=O) groups excluding carboxylic acids is 2. The van der Waals surface area contributed by atoms with Crippen LogP contribution in [0.1, 0.15) is 48.1 Å². The van der Waals surface area contributed by atoms with Gasteiger partial charge in [-0.05, 0) is 42.3 Å². The predicted molar refractivity (Wildman–Crippen MR) is 125 cm³/mol. The highest BCUT2D eigenvalue weighted by Crippen LogP contribution is 2.27. The molecule has 1 N–H and O–H groups in total. The summed E-state index contributed by atoms with van der Waals surface area (Å²) in [6.45, 7) is 6.00. The zero-order valence-electron chi connectivity index (χ0n) is 18.5. The molecular formula is C25H31ClN2O4. The molecule has 0 saturated carbocycles. The van der Waals surface area contributed by atoms with Crippen LogP contribution in [-0.4, -0.2) is 56.0 Å². The quantitative estimate of drug-likeness (QED) is 0.509. The van der Waals surface area contributed by atoms with Crippen molar-refractivity contribution in [1.29, 1.82) is 0 Å². The van der Waals surface area contributed by atoms with Crippen LogP contribution in [0, 0.1) is 0 Å². The van der Waals surface area contributed by atoms with E-state index in [1.54, 1.807) is 24.3 Å². The van der Waals surface area contributed by atoms with Gasteiger partial charge in [-0.1, -0.05) is 36.7 Å². The van der Waals surface area contributed by atoms with Gasteiger partial charge in [-0.25, -0.2) is 0 Å². The molecule has 1 unspecified atom stereocenters. The Hall–Kier alpha value is -2.41. The molecule has 3 rings (SSSR count). The second-order valence-corrected chi connectivity index (χ2v) is 8.19. The number of hydrogen-bond donors (Lipinski definition) is 1. The van der Waals surface area contributed by atoms with Crippen LogP contribution in [0.15, 0.2) is 48.5 Å². The van der Waals surface area contributed by atoms with Crippen molar-refractivity contribution in [3.05, 3.63) is 64.7 Å². The SMILES string of the molecule is CCCOc1ccc(C(=O)CCC(=O)NCC(c2ccccc2Cl)N2CCOCC2)cc1. The van der Waals surface area contributed by atoms with E-state index in [0.29, 0.717) is 37.0 Å². The lowest BCUT2D eigenvalue weighted by atomic mass is 10.0. The van der Waals surface area contributed by atoms with Gasteiger partial charge in [-0.2, -0.15) is 0 Å². The van der Waals surface area contributed by atoms with E-state index in [1.807, 2.05) is 31.2 Å². The number of amides is 1. The third-order valence-corrected chi connectivity index (χ3v) is 5.82. The number of benzene rings is 2. The van der Waals surface area contributed by atoms with Crippen molar-refractivity contribution >= 4 is 23.3 Å². The van der Waals surface area contributed by atoms with Gasteiger partial charge in [-0.3, -0.25) is 14.5 Å². The fourth-order valence-corrected chi connectivity index (χ4v) is 3.96. The molecule has 1 amide bonds. The zero-order chi connectivity index (χ0) is 22.8. The lowest BCUT2D eigenvalue weighted by Crippen LogP contribution is -2.44. The second kappa shape index (κ2) is 12.6. The summed E-state index contributed by atoms with van der Waals surface area (Å²) in [5.41, 5.74) is 1.57. The van der Waals surface area contributed by atoms with E-state index >= 15 is 0 Å². The molecule has 32 heavy (non-hydrogen) atoms. The number of ketones is 1. The Balaban J connectivity index is 1.52. The topological polar surface area (TPSA) is 67.9 Å². The lowest BCUT2D eigenvalue weighted by molar-refractivity contribution is -0.121. The van der Waals surface area contributed by atoms with Gasteiger partial charge < -0.3 is 14.8 Å². The van der Waals surface area contributed by atoms with E-state index in [2.05, 4.69) is 10.2 Å². The Morgan fingerprint density at radius 3 is 2.50 bits per heavy atom. The molecule has 0 aromatic heterocycles. The maximum atomic E-state index is 12.5. The van der Waals surface area contributed by atoms with E-state index in [4.69, 9.17) is 21.1 Å². The summed E-state index contributed by atoms with van der Waals surface area (Å²) in [4.78, 5) is 27.2. The molecule has 1 aliphatic heterocycles. The van der Waals surface area contributed by atoms with E-state index in [1.165, 1.54) is 0 Å². The Labute approximate surface area is 194 Å². The van der Waals surface area contributed by atoms with Crippen LogP contribution < -0.4 is 10.1 Å². The molecule has 2 aromatic rings. The molecule has 1 heterocycles. The van der Waals surface area contributed by atoms with Gasteiger partial charge in [0, 0.05) is 43.1 Å². The first-order chi connectivity index (χ1) is 15.6. The van der Waals surface area contributed by atoms with E-state index in [0.717, 1.165) is 30.8 Å². The molecule has 1 aliphatic rings. The summed E-state index contributed by atoms with van der Waals surface area (Å²) in [7, 11) is 0. The van der Waals surface area contributed by atoms with Crippen molar-refractivity contribution in [3.63, 3.8) is 0 Å². The minimum absolute atomic E-state index is 0.0390. The molecule has 1 fully saturated rings. The van der Waals surface area contributed by atoms with Crippen molar-refractivity contribution in [2.45, 2.75) is 32.2 Å². The Bertz CT molecular complexity index is 882. The number of nitrogens with zero attached hydrogens (tertiary/aromatic N) is 1. The van der Waals surface area contributed by atoms with Crippen LogP contribution in [-0.2, 0) is 9.53 Å². The summed E-state index contributed by atoms with van der Waals surface area (Å²) >= 11 is 6.44. The Kier molecular flexibility index (Phi) is 9.53. The predicted octanol–water partition coefficient (Wildman–Crippen LogP) is 4.28. The highest BCUT2D eigenvalue weighted by molar-refractivity contribution is 6.31. The summed E-state index contributed by atoms with van der Waals surface area (Å²) in [5.74, 6) is 0.541. The summed E-state index contributed by atoms with van der Waals surface area (Å²) in [6.07, 6.45) is 1.24. The van der Waals surface area contributed by atoms with Gasteiger partial charge in [0.1, 0.15) is 5.75 Å². The van der Waals surface area contributed by atoms with E-state index in [9.17, 15) is 9.59 Å². The molecular weight excluding hydrogens is 428 g/mol. The number of nitrogens with one attached hydrogen (secondary N) is 1. The number of ether oxygens (including phenoxy) is 2. The molecule has 1 saturated heterocycles. The summed E-state index contributed by atoms with van der Waals surface area (Å²) in [6, 6.07) is 14.7. The van der Waals surface area contributed by atoms with Gasteiger partial charge >= 0.3 is 0 Å². The standard InChI is InChI=1S/C25H31ClN2O4/c1-2-15-32-20-9-7-19(8-10-20)24(29)11-12-25(30)27-18-23(28-13-16-31-17-14-28)21-5-3-4-6-22(21)26/h3-10,23H,2,11-18H2,1H3,(H,27,30). The maximum absolute atomic E-state index is 12.5. The van der Waals surface area contributed by atoms with Gasteiger partial charge in [0.15, 0.2) is 5.78 Å². The van der Waals surface area contributed by atoms with Gasteiger partial charge in [0.2, 0.25) is 5.91 Å². The highest BCUT2D eigenvalue weighted by atomic mass is 35.5. The van der Waals surface area contributed by atoms with Crippen molar-refractivity contribution < 1.29 is 19.1 Å². The summed E-state index contributed by atoms with van der Waals surface area (Å²) in [5, 5.41) is 3.67. The first kappa shape index (κ1) is 24.2. The maximum Gasteiger partial charge on any atom is 0.220 e. The van der Waals surface area contributed by atoms with Crippen molar-refractivity contribution in [2.75, 3.05) is 39.5 Å². The van der Waals surface area contributed by atoms with Crippen LogP contribution >= 0.6 is 11.6 Å². The molecule has 0 aliphatic carbocycles. The molecule has 7 heteroatoms. The van der Waals surface area contributed by atoms with Crippen LogP contribution in [0.4, 0.5) is 0 Å². The van der Waals surface area contributed by atoms with Crippen molar-refractivity contribution in [3.8, 4) is 5.75 Å². The van der Waals surface area contributed by atoms with Crippen LogP contribution in [0.5, 0.6) is 5.75 Å². The fourth-order valence-electron chi connectivity index (χ4n) is 3.70. The number of halogens is 1. The van der Waals surface area contributed by atoms with Crippen molar-refractivity contribution in [1.82, 2.24) is 10.2 Å². The van der Waals surface area contributed by atoms with Gasteiger partial charge in [0.05, 0.1) is 25.9 Å². The Morgan fingerprint density at radius 2 is 1.81 bits per heavy atom. The fraction of sp³-hybridized carbons (Fsp3) is 0.440. The highest BCUT2D eigenvalue weighted by Gasteiger charge is 2.25. The molecule has 6 nitrogen and oxygen atoms in total. The third kappa shape index (κ3) is 7.05. The van der Waals surface area contributed by atoms with Crippen LogP contribution in [0.25, 0.3) is 0 Å². The normalized spacial score (nSPS) is 15.2. The molecule has 172 valence electrons. The third-order valence-electron chi connectivity index (χ3n) is 5.47. The molecule has 0 spiro atoms. The minimum Gasteiger partial charge on any atom is -0.494 e. The van der Waals surface area contributed by atoms with Gasteiger partial charge in [-0.15, -0.1) is 0 Å². The van der Waals surface area contributed by atoms with E-state index in [-0.39, 0.29) is 30.6 Å². The second-order valence-electron chi connectivity index (χ2n) is 7.79. The number of rotatable bonds is 11. The number of morpholine rings is 1. The smallest absolute Gasteiger partial charge is 0.220 e. The minimum atomic E-state index is -0.147. The van der Waals surface area contributed by atoms with E-state index < -0.39 is 0 Å². The average molecular weight is 459 g/mol.